The van der Waals surface area contributed by atoms with Crippen molar-refractivity contribution in [3.8, 4) is 0 Å². The third-order valence-corrected chi connectivity index (χ3v) is 5.34. The van der Waals surface area contributed by atoms with Crippen molar-refractivity contribution in [3.05, 3.63) is 17.5 Å². The van der Waals surface area contributed by atoms with Crippen molar-refractivity contribution in [2.24, 2.45) is 5.92 Å². The molecule has 2 fully saturated rings. The van der Waals surface area contributed by atoms with E-state index in [0.29, 0.717) is 5.92 Å². The van der Waals surface area contributed by atoms with E-state index in [1.54, 1.807) is 0 Å². The van der Waals surface area contributed by atoms with E-state index in [4.69, 9.17) is 4.74 Å². The molecule has 3 heterocycles. The molecule has 1 atom stereocenters. The van der Waals surface area contributed by atoms with Crippen LogP contribution in [0.2, 0.25) is 0 Å². The first-order chi connectivity index (χ1) is 11.5. The molecule has 1 amide bonds. The minimum absolute atomic E-state index is 0.0445. The van der Waals surface area contributed by atoms with Crippen LogP contribution in [0.5, 0.6) is 0 Å². The first-order valence-corrected chi connectivity index (χ1v) is 9.53. The maximum atomic E-state index is 13.1. The van der Waals surface area contributed by atoms with E-state index in [1.807, 2.05) is 22.6 Å². The van der Waals surface area contributed by atoms with Gasteiger partial charge in [-0.05, 0) is 57.4 Å². The number of rotatable bonds is 4. The van der Waals surface area contributed by atoms with Crippen molar-refractivity contribution in [1.82, 2.24) is 14.7 Å². The average Bonchev–Trinajstić information content (AvgIpc) is 3.10. The van der Waals surface area contributed by atoms with Crippen LogP contribution in [0.3, 0.4) is 0 Å². The van der Waals surface area contributed by atoms with Crippen LogP contribution < -0.4 is 0 Å². The predicted octanol–water partition coefficient (Wildman–Crippen LogP) is 3.28. The van der Waals surface area contributed by atoms with Gasteiger partial charge in [-0.25, -0.2) is 0 Å². The number of ether oxygens (including phenoxy) is 1. The lowest BCUT2D eigenvalue weighted by Crippen LogP contribution is -2.35. The van der Waals surface area contributed by atoms with Crippen LogP contribution in [-0.2, 0) is 17.7 Å². The van der Waals surface area contributed by atoms with Crippen LogP contribution in [0.15, 0.2) is 6.07 Å². The van der Waals surface area contributed by atoms with Gasteiger partial charge in [0, 0.05) is 26.2 Å². The first kappa shape index (κ1) is 17.5. The second-order valence-corrected chi connectivity index (χ2v) is 7.72. The van der Waals surface area contributed by atoms with Crippen LogP contribution in [-0.4, -0.2) is 45.9 Å². The van der Waals surface area contributed by atoms with Gasteiger partial charge in [0.15, 0.2) is 0 Å². The topological polar surface area (TPSA) is 47.4 Å². The van der Waals surface area contributed by atoms with Crippen LogP contribution in [0, 0.1) is 5.92 Å². The van der Waals surface area contributed by atoms with Gasteiger partial charge in [0.1, 0.15) is 5.69 Å². The Morgan fingerprint density at radius 1 is 1.29 bits per heavy atom. The molecular formula is C19H31N3O2. The van der Waals surface area contributed by atoms with Crippen molar-refractivity contribution in [2.75, 3.05) is 19.7 Å². The fourth-order valence-corrected chi connectivity index (χ4v) is 4.08. The molecule has 24 heavy (non-hydrogen) atoms. The van der Waals surface area contributed by atoms with Gasteiger partial charge in [-0.2, -0.15) is 5.10 Å². The second-order valence-electron chi connectivity index (χ2n) is 7.72. The minimum Gasteiger partial charge on any atom is -0.375 e. The second kappa shape index (κ2) is 7.26. The number of carbonyl (C=O) groups excluding carboxylic acids is 1. The summed E-state index contributed by atoms with van der Waals surface area (Å²) >= 11 is 0. The lowest BCUT2D eigenvalue weighted by molar-refractivity contribution is -0.00694. The van der Waals surface area contributed by atoms with E-state index in [9.17, 15) is 4.79 Å². The Bertz CT molecular complexity index is 573. The van der Waals surface area contributed by atoms with Gasteiger partial charge < -0.3 is 9.64 Å². The van der Waals surface area contributed by atoms with Crippen molar-refractivity contribution >= 4 is 5.91 Å². The van der Waals surface area contributed by atoms with Gasteiger partial charge in [0.05, 0.1) is 11.3 Å². The number of hydrogen-bond donors (Lipinski definition) is 0. The molecule has 0 radical (unpaired) electrons. The molecule has 2 aliphatic rings. The number of carbonyl (C=O) groups is 1. The molecule has 2 aliphatic heterocycles. The van der Waals surface area contributed by atoms with Gasteiger partial charge in [-0.3, -0.25) is 9.48 Å². The standard InChI is InChI=1S/C19H31N3O2/c1-4-22-17(14-16(20-22)13-15(2)3)18(23)21-10-5-7-19(9-11-21)8-6-12-24-19/h14-15H,4-13H2,1-3H3. The number of hydrogen-bond acceptors (Lipinski definition) is 3. The fraction of sp³-hybridized carbons (Fsp3) is 0.789. The molecule has 1 spiro atoms. The number of nitrogens with zero attached hydrogens (tertiary/aromatic N) is 3. The molecule has 5 heteroatoms. The number of aryl methyl sites for hydroxylation is 1. The third-order valence-electron chi connectivity index (χ3n) is 5.34. The van der Waals surface area contributed by atoms with Gasteiger partial charge >= 0.3 is 0 Å². The van der Waals surface area contributed by atoms with E-state index < -0.39 is 0 Å². The van der Waals surface area contributed by atoms with Crippen molar-refractivity contribution in [1.29, 1.82) is 0 Å². The first-order valence-electron chi connectivity index (χ1n) is 9.53. The zero-order valence-electron chi connectivity index (χ0n) is 15.4. The number of aromatic nitrogens is 2. The molecule has 2 saturated heterocycles. The number of likely N-dealkylation sites (tertiary alicyclic amines) is 1. The van der Waals surface area contributed by atoms with E-state index in [0.717, 1.165) is 76.2 Å². The summed E-state index contributed by atoms with van der Waals surface area (Å²) in [7, 11) is 0. The average molecular weight is 333 g/mol. The molecule has 0 aliphatic carbocycles. The quantitative estimate of drug-likeness (QED) is 0.849. The SMILES string of the molecule is CCn1nc(CC(C)C)cc1C(=O)N1CCCC2(CCCO2)CC1. The van der Waals surface area contributed by atoms with Crippen molar-refractivity contribution in [3.63, 3.8) is 0 Å². The fourth-order valence-electron chi connectivity index (χ4n) is 4.08. The molecule has 0 N–H and O–H groups in total. The Balaban J connectivity index is 1.72. The zero-order chi connectivity index (χ0) is 17.2. The summed E-state index contributed by atoms with van der Waals surface area (Å²) in [6, 6.07) is 2.00. The minimum atomic E-state index is 0.0445. The molecule has 134 valence electrons. The Labute approximate surface area is 145 Å². The van der Waals surface area contributed by atoms with E-state index in [1.165, 1.54) is 0 Å². The largest absolute Gasteiger partial charge is 0.375 e. The third kappa shape index (κ3) is 3.66. The Morgan fingerprint density at radius 2 is 2.08 bits per heavy atom. The lowest BCUT2D eigenvalue weighted by Gasteiger charge is -2.27. The summed E-state index contributed by atoms with van der Waals surface area (Å²) in [6.07, 6.45) is 6.32. The Hall–Kier alpha value is -1.36. The van der Waals surface area contributed by atoms with E-state index in [2.05, 4.69) is 18.9 Å². The summed E-state index contributed by atoms with van der Waals surface area (Å²) < 4.78 is 7.90. The lowest BCUT2D eigenvalue weighted by atomic mass is 9.92. The smallest absolute Gasteiger partial charge is 0.272 e. The van der Waals surface area contributed by atoms with Crippen molar-refractivity contribution < 1.29 is 9.53 Å². The number of amides is 1. The Kier molecular flexibility index (Phi) is 5.28. The molecule has 3 rings (SSSR count). The highest BCUT2D eigenvalue weighted by Gasteiger charge is 2.37. The van der Waals surface area contributed by atoms with Crippen LogP contribution in [0.25, 0.3) is 0 Å². The van der Waals surface area contributed by atoms with Crippen molar-refractivity contribution in [2.45, 2.75) is 71.4 Å². The summed E-state index contributed by atoms with van der Waals surface area (Å²) in [4.78, 5) is 15.1. The highest BCUT2D eigenvalue weighted by Crippen LogP contribution is 2.35. The van der Waals surface area contributed by atoms with Gasteiger partial charge in [0.25, 0.3) is 5.91 Å². The van der Waals surface area contributed by atoms with Gasteiger partial charge in [-0.1, -0.05) is 13.8 Å². The summed E-state index contributed by atoms with van der Waals surface area (Å²) in [5.41, 5.74) is 1.82. The summed E-state index contributed by atoms with van der Waals surface area (Å²) in [5.74, 6) is 0.681. The van der Waals surface area contributed by atoms with Crippen LogP contribution in [0.1, 0.15) is 69.1 Å². The van der Waals surface area contributed by atoms with E-state index >= 15 is 0 Å². The highest BCUT2D eigenvalue weighted by atomic mass is 16.5. The maximum Gasteiger partial charge on any atom is 0.272 e. The highest BCUT2D eigenvalue weighted by molar-refractivity contribution is 5.92. The van der Waals surface area contributed by atoms with E-state index in [-0.39, 0.29) is 11.5 Å². The normalized spacial score (nSPS) is 24.8. The predicted molar refractivity (Wildman–Crippen MR) is 94.1 cm³/mol. The molecule has 0 saturated carbocycles. The zero-order valence-corrected chi connectivity index (χ0v) is 15.4. The molecule has 0 bridgehead atoms. The molecule has 5 nitrogen and oxygen atoms in total. The van der Waals surface area contributed by atoms with Gasteiger partial charge in [-0.15, -0.1) is 0 Å². The Morgan fingerprint density at radius 3 is 2.75 bits per heavy atom. The molecular weight excluding hydrogens is 302 g/mol. The molecule has 1 unspecified atom stereocenters. The molecule has 0 aromatic carbocycles. The maximum absolute atomic E-state index is 13.1. The summed E-state index contributed by atoms with van der Waals surface area (Å²) in [5, 5.41) is 4.62. The van der Waals surface area contributed by atoms with Crippen LogP contribution >= 0.6 is 0 Å². The monoisotopic (exact) mass is 333 g/mol. The van der Waals surface area contributed by atoms with Gasteiger partial charge in [0.2, 0.25) is 0 Å². The van der Waals surface area contributed by atoms with Crippen LogP contribution in [0.4, 0.5) is 0 Å². The molecule has 1 aromatic heterocycles. The summed E-state index contributed by atoms with van der Waals surface area (Å²) in [6.45, 7) is 9.66. The molecule has 1 aromatic rings.